The van der Waals surface area contributed by atoms with Crippen molar-refractivity contribution in [2.75, 3.05) is 35.2 Å². The van der Waals surface area contributed by atoms with Gasteiger partial charge in [-0.1, -0.05) is 18.5 Å². The maximum absolute atomic E-state index is 14.9. The molecule has 3 atom stereocenters. The molecule has 1 aromatic carbocycles. The Morgan fingerprint density at radius 2 is 2.05 bits per heavy atom. The van der Waals surface area contributed by atoms with Crippen LogP contribution in [-0.2, 0) is 7.05 Å². The van der Waals surface area contributed by atoms with Gasteiger partial charge in [0.15, 0.2) is 6.61 Å². The molecule has 0 bridgehead atoms. The van der Waals surface area contributed by atoms with Gasteiger partial charge in [-0.15, -0.1) is 0 Å². The number of nitrogens with zero attached hydrogens (tertiary/aromatic N) is 3. The topological polar surface area (TPSA) is 91.7 Å². The summed E-state index contributed by atoms with van der Waals surface area (Å²) in [5.41, 5.74) is 1.69. The molecule has 0 amide bonds. The number of halogens is 3. The van der Waals surface area contributed by atoms with E-state index in [4.69, 9.17) is 16.3 Å². The number of anilines is 4. The second-order valence-electron chi connectivity index (χ2n) is 10.9. The fraction of sp³-hybridized carbons (Fsp3) is 0.481. The van der Waals surface area contributed by atoms with Gasteiger partial charge in [-0.05, 0) is 49.3 Å². The number of β-amino-alcohol motifs (C(OH)–C–C–N with tert-alkyl or cyclic N) is 1. The second kappa shape index (κ2) is 9.27. The van der Waals surface area contributed by atoms with Gasteiger partial charge in [0, 0.05) is 37.3 Å². The Hall–Kier alpha value is -3.11. The number of rotatable bonds is 4. The SMILES string of the molecule is C[C@H]1C[C@@H](O)CN(c2cc(Nc3ccc4c(c3)c3c(c(=O)n4C)OCC(F)(F)[C@H](C4CC4)N3)c(Cl)cn2)C1. The molecule has 0 spiro atoms. The Bertz CT molecular complexity index is 1450. The smallest absolute Gasteiger partial charge is 0.301 e. The fourth-order valence-electron chi connectivity index (χ4n) is 5.64. The highest BCUT2D eigenvalue weighted by Crippen LogP contribution is 2.45. The molecule has 2 aliphatic heterocycles. The predicted octanol–water partition coefficient (Wildman–Crippen LogP) is 4.76. The number of fused-ring (bicyclic) bond motifs is 3. The normalized spacial score (nSPS) is 24.8. The van der Waals surface area contributed by atoms with Crippen molar-refractivity contribution in [1.29, 1.82) is 0 Å². The lowest BCUT2D eigenvalue weighted by Gasteiger charge is -2.35. The first kappa shape index (κ1) is 25.2. The standard InChI is InChI=1S/C27H30ClF2N5O3/c1-14-7-17(36)12-35(11-14)22-9-20(19(28)10-31-22)32-16-5-6-21-18(8-16)23-24(26(37)34(21)2)38-13-27(29,30)25(33-23)15-3-4-15/h5-6,8-10,14-15,17,25,33,36H,3-4,7,11-13H2,1-2H3,(H,31,32)/t14-,17+,25-/m0/s1. The Balaban J connectivity index is 1.38. The lowest BCUT2D eigenvalue weighted by Crippen LogP contribution is -2.44. The first-order valence-electron chi connectivity index (χ1n) is 12.9. The van der Waals surface area contributed by atoms with Gasteiger partial charge >= 0.3 is 5.92 Å². The van der Waals surface area contributed by atoms with Crippen LogP contribution >= 0.6 is 11.6 Å². The zero-order valence-electron chi connectivity index (χ0n) is 21.2. The van der Waals surface area contributed by atoms with Crippen LogP contribution in [-0.4, -0.2) is 52.4 Å². The number of alkyl halides is 2. The molecule has 3 aromatic rings. The summed E-state index contributed by atoms with van der Waals surface area (Å²) < 4.78 is 36.7. The minimum Gasteiger partial charge on any atom is -0.480 e. The van der Waals surface area contributed by atoms with E-state index in [1.807, 2.05) is 17.0 Å². The first-order chi connectivity index (χ1) is 18.1. The number of aliphatic hydroxyl groups is 1. The number of aromatic nitrogens is 2. The Morgan fingerprint density at radius 1 is 1.26 bits per heavy atom. The number of pyridine rings is 2. The molecular weight excluding hydrogens is 516 g/mol. The lowest BCUT2D eigenvalue weighted by atomic mass is 9.98. The highest BCUT2D eigenvalue weighted by atomic mass is 35.5. The average molecular weight is 546 g/mol. The molecule has 11 heteroatoms. The van der Waals surface area contributed by atoms with Gasteiger partial charge in [-0.25, -0.2) is 13.8 Å². The number of piperidine rings is 1. The van der Waals surface area contributed by atoms with Gasteiger partial charge in [-0.3, -0.25) is 4.79 Å². The van der Waals surface area contributed by atoms with E-state index >= 15 is 0 Å². The highest BCUT2D eigenvalue weighted by Gasteiger charge is 2.51. The van der Waals surface area contributed by atoms with E-state index in [0.717, 1.165) is 13.0 Å². The molecule has 2 aromatic heterocycles. The average Bonchev–Trinajstić information content (AvgIpc) is 3.71. The van der Waals surface area contributed by atoms with E-state index in [2.05, 4.69) is 22.5 Å². The summed E-state index contributed by atoms with van der Waals surface area (Å²) in [6.45, 7) is 2.52. The molecule has 6 rings (SSSR count). The van der Waals surface area contributed by atoms with E-state index in [0.29, 0.717) is 64.1 Å². The third kappa shape index (κ3) is 4.53. The maximum Gasteiger partial charge on any atom is 0.301 e. The van der Waals surface area contributed by atoms with Crippen molar-refractivity contribution in [3.8, 4) is 5.75 Å². The van der Waals surface area contributed by atoms with Crippen LogP contribution in [0, 0.1) is 11.8 Å². The summed E-state index contributed by atoms with van der Waals surface area (Å²) >= 11 is 6.48. The number of hydrogen-bond acceptors (Lipinski definition) is 7. The summed E-state index contributed by atoms with van der Waals surface area (Å²) in [6.07, 6.45) is 3.34. The van der Waals surface area contributed by atoms with Gasteiger partial charge in [0.2, 0.25) is 5.75 Å². The summed E-state index contributed by atoms with van der Waals surface area (Å²) in [7, 11) is 1.60. The second-order valence-corrected chi connectivity index (χ2v) is 11.3. The summed E-state index contributed by atoms with van der Waals surface area (Å²) in [5, 5.41) is 17.5. The molecule has 38 heavy (non-hydrogen) atoms. The van der Waals surface area contributed by atoms with Crippen molar-refractivity contribution in [3.05, 3.63) is 45.8 Å². The summed E-state index contributed by atoms with van der Waals surface area (Å²) in [6, 6.07) is 6.12. The van der Waals surface area contributed by atoms with Crippen molar-refractivity contribution in [3.63, 3.8) is 0 Å². The third-order valence-corrected chi connectivity index (χ3v) is 7.99. The predicted molar refractivity (Wildman–Crippen MR) is 144 cm³/mol. The van der Waals surface area contributed by atoms with E-state index in [1.165, 1.54) is 4.57 Å². The lowest BCUT2D eigenvalue weighted by molar-refractivity contribution is -0.0579. The Morgan fingerprint density at radius 3 is 2.79 bits per heavy atom. The summed E-state index contributed by atoms with van der Waals surface area (Å²) in [5.74, 6) is -2.33. The van der Waals surface area contributed by atoms with Crippen LogP contribution in [0.5, 0.6) is 5.75 Å². The quantitative estimate of drug-likeness (QED) is 0.435. The zero-order chi connectivity index (χ0) is 26.8. The molecule has 4 heterocycles. The molecule has 0 radical (unpaired) electrons. The third-order valence-electron chi connectivity index (χ3n) is 7.69. The van der Waals surface area contributed by atoms with Crippen LogP contribution in [0.3, 0.4) is 0 Å². The van der Waals surface area contributed by atoms with Crippen molar-refractivity contribution in [2.24, 2.45) is 18.9 Å². The number of aliphatic hydroxyl groups excluding tert-OH is 1. The molecule has 1 saturated carbocycles. The van der Waals surface area contributed by atoms with E-state index in [9.17, 15) is 18.7 Å². The molecular formula is C27H30ClF2N5O3. The fourth-order valence-corrected chi connectivity index (χ4v) is 5.79. The molecule has 1 aliphatic carbocycles. The summed E-state index contributed by atoms with van der Waals surface area (Å²) in [4.78, 5) is 19.5. The van der Waals surface area contributed by atoms with Crippen LogP contribution in [0.4, 0.5) is 31.7 Å². The van der Waals surface area contributed by atoms with Crippen molar-refractivity contribution >= 4 is 45.4 Å². The van der Waals surface area contributed by atoms with Gasteiger partial charge in [0.25, 0.3) is 5.56 Å². The van der Waals surface area contributed by atoms with Gasteiger partial charge in [0.05, 0.1) is 40.3 Å². The van der Waals surface area contributed by atoms with Crippen LogP contribution in [0.2, 0.25) is 5.02 Å². The number of aryl methyl sites for hydroxylation is 1. The number of hydrogen-bond donors (Lipinski definition) is 3. The van der Waals surface area contributed by atoms with E-state index < -0.39 is 30.2 Å². The van der Waals surface area contributed by atoms with Crippen LogP contribution in [0.1, 0.15) is 26.2 Å². The molecule has 1 saturated heterocycles. The van der Waals surface area contributed by atoms with Crippen molar-refractivity contribution in [1.82, 2.24) is 9.55 Å². The minimum atomic E-state index is -3.10. The highest BCUT2D eigenvalue weighted by molar-refractivity contribution is 6.33. The monoisotopic (exact) mass is 545 g/mol. The van der Waals surface area contributed by atoms with Crippen LogP contribution in [0.15, 0.2) is 35.3 Å². The van der Waals surface area contributed by atoms with Crippen LogP contribution < -0.4 is 25.8 Å². The Labute approximate surface area is 223 Å². The van der Waals surface area contributed by atoms with Crippen molar-refractivity contribution < 1.29 is 18.6 Å². The molecule has 202 valence electrons. The van der Waals surface area contributed by atoms with E-state index in [-0.39, 0.29) is 11.7 Å². The van der Waals surface area contributed by atoms with Gasteiger partial charge < -0.3 is 29.9 Å². The maximum atomic E-state index is 14.9. The largest absolute Gasteiger partial charge is 0.480 e. The number of ether oxygens (including phenoxy) is 1. The van der Waals surface area contributed by atoms with Gasteiger partial charge in [-0.2, -0.15) is 0 Å². The van der Waals surface area contributed by atoms with Crippen molar-refractivity contribution in [2.45, 2.75) is 44.3 Å². The van der Waals surface area contributed by atoms with Gasteiger partial charge in [0.1, 0.15) is 5.82 Å². The minimum absolute atomic E-state index is 0.0954. The number of benzene rings is 1. The van der Waals surface area contributed by atoms with E-state index in [1.54, 1.807) is 25.4 Å². The van der Waals surface area contributed by atoms with Crippen LogP contribution in [0.25, 0.3) is 10.9 Å². The molecule has 0 unspecified atom stereocenters. The molecule has 3 N–H and O–H groups in total. The zero-order valence-corrected chi connectivity index (χ0v) is 21.9. The number of nitrogens with one attached hydrogen (secondary N) is 2. The Kier molecular flexibility index (Phi) is 6.14. The first-order valence-corrected chi connectivity index (χ1v) is 13.3. The molecule has 8 nitrogen and oxygen atoms in total. The molecule has 3 aliphatic rings. The molecule has 2 fully saturated rings.